The average molecular weight is 295 g/mol. The molecule has 0 spiro atoms. The number of hydrogen-bond donors (Lipinski definition) is 0. The summed E-state index contributed by atoms with van der Waals surface area (Å²) in [6, 6.07) is 6.81. The third-order valence-electron chi connectivity index (χ3n) is 4.31. The van der Waals surface area contributed by atoms with Gasteiger partial charge in [-0.1, -0.05) is 59.5 Å². The van der Waals surface area contributed by atoms with E-state index in [1.807, 2.05) is 0 Å². The average Bonchev–Trinajstić information content (AvgIpc) is 2.70. The lowest BCUT2D eigenvalue weighted by Gasteiger charge is -2.22. The largest absolute Gasteiger partial charge is 0.0884 e. The fraction of sp³-hybridized carbons (Fsp3) is 0.625. The molecular formula is C16H23Br. The maximum atomic E-state index is 3.94. The molecule has 0 nitrogen and oxygen atoms in total. The minimum atomic E-state index is 0.653. The molecule has 1 aliphatic carbocycles. The van der Waals surface area contributed by atoms with Gasteiger partial charge in [0.15, 0.2) is 0 Å². The van der Waals surface area contributed by atoms with E-state index in [0.29, 0.717) is 4.83 Å². The fourth-order valence-corrected chi connectivity index (χ4v) is 4.23. The maximum Gasteiger partial charge on any atom is 0.0217 e. The first-order chi connectivity index (χ1) is 8.08. The van der Waals surface area contributed by atoms with Gasteiger partial charge in [-0.2, -0.15) is 0 Å². The third kappa shape index (κ3) is 3.13. The Labute approximate surface area is 114 Å². The van der Waals surface area contributed by atoms with Gasteiger partial charge in [-0.3, -0.25) is 0 Å². The van der Waals surface area contributed by atoms with Gasteiger partial charge in [-0.25, -0.2) is 0 Å². The molecule has 0 aliphatic heterocycles. The van der Waals surface area contributed by atoms with E-state index >= 15 is 0 Å². The second-order valence-corrected chi connectivity index (χ2v) is 6.90. The monoisotopic (exact) mass is 294 g/mol. The highest BCUT2D eigenvalue weighted by Gasteiger charge is 2.29. The molecule has 17 heavy (non-hydrogen) atoms. The van der Waals surface area contributed by atoms with Gasteiger partial charge in [-0.15, -0.1) is 0 Å². The normalized spacial score (nSPS) is 26.1. The van der Waals surface area contributed by atoms with Crippen LogP contribution in [-0.2, 0) is 6.42 Å². The lowest BCUT2D eigenvalue weighted by Crippen LogP contribution is -2.19. The van der Waals surface area contributed by atoms with Crippen molar-refractivity contribution in [2.75, 3.05) is 0 Å². The molecule has 94 valence electrons. The van der Waals surface area contributed by atoms with Crippen molar-refractivity contribution in [3.63, 3.8) is 0 Å². The van der Waals surface area contributed by atoms with Crippen molar-refractivity contribution < 1.29 is 0 Å². The van der Waals surface area contributed by atoms with Crippen LogP contribution in [0.3, 0.4) is 0 Å². The van der Waals surface area contributed by atoms with Crippen LogP contribution in [0.1, 0.15) is 42.9 Å². The minimum absolute atomic E-state index is 0.653. The van der Waals surface area contributed by atoms with Crippen molar-refractivity contribution in [1.82, 2.24) is 0 Å². The predicted molar refractivity (Wildman–Crippen MR) is 78.8 cm³/mol. The standard InChI is InChI=1S/C16H23Br/c1-11-7-8-12(2)14(9-11)10-16(17)15-6-4-5-13(15)3/h7-9,13,15-16H,4-6,10H2,1-3H3. The van der Waals surface area contributed by atoms with Crippen LogP contribution in [-0.4, -0.2) is 4.83 Å². The lowest BCUT2D eigenvalue weighted by molar-refractivity contribution is 0.407. The van der Waals surface area contributed by atoms with Crippen LogP contribution in [0.2, 0.25) is 0 Å². The van der Waals surface area contributed by atoms with Gasteiger partial charge in [0.1, 0.15) is 0 Å². The first kappa shape index (κ1) is 13.1. The van der Waals surface area contributed by atoms with Crippen LogP contribution >= 0.6 is 15.9 Å². The molecule has 1 aromatic rings. The van der Waals surface area contributed by atoms with E-state index in [4.69, 9.17) is 0 Å². The molecule has 1 heteroatoms. The Morgan fingerprint density at radius 1 is 1.29 bits per heavy atom. The molecular weight excluding hydrogens is 272 g/mol. The lowest BCUT2D eigenvalue weighted by atomic mass is 9.90. The quantitative estimate of drug-likeness (QED) is 0.685. The highest BCUT2D eigenvalue weighted by Crippen LogP contribution is 2.38. The smallest absolute Gasteiger partial charge is 0.0217 e. The Morgan fingerprint density at radius 3 is 2.71 bits per heavy atom. The fourth-order valence-electron chi connectivity index (χ4n) is 3.09. The van der Waals surface area contributed by atoms with E-state index in [1.54, 1.807) is 0 Å². The summed E-state index contributed by atoms with van der Waals surface area (Å²) >= 11 is 3.94. The number of benzene rings is 1. The van der Waals surface area contributed by atoms with E-state index in [-0.39, 0.29) is 0 Å². The molecule has 1 aliphatic rings. The Morgan fingerprint density at radius 2 is 2.06 bits per heavy atom. The van der Waals surface area contributed by atoms with Crippen molar-refractivity contribution in [3.8, 4) is 0 Å². The van der Waals surface area contributed by atoms with Gasteiger partial charge in [0.2, 0.25) is 0 Å². The zero-order valence-electron chi connectivity index (χ0n) is 11.2. The van der Waals surface area contributed by atoms with Crippen molar-refractivity contribution in [2.45, 2.75) is 51.3 Å². The Hall–Kier alpha value is -0.300. The molecule has 0 heterocycles. The van der Waals surface area contributed by atoms with Crippen molar-refractivity contribution >= 4 is 15.9 Å². The highest BCUT2D eigenvalue weighted by atomic mass is 79.9. The molecule has 0 radical (unpaired) electrons. The van der Waals surface area contributed by atoms with E-state index in [1.165, 1.54) is 42.4 Å². The summed E-state index contributed by atoms with van der Waals surface area (Å²) in [5, 5.41) is 0. The summed E-state index contributed by atoms with van der Waals surface area (Å²) in [5.41, 5.74) is 4.33. The van der Waals surface area contributed by atoms with Crippen molar-refractivity contribution in [2.24, 2.45) is 11.8 Å². The van der Waals surface area contributed by atoms with Gasteiger partial charge >= 0.3 is 0 Å². The van der Waals surface area contributed by atoms with Crippen molar-refractivity contribution in [1.29, 1.82) is 0 Å². The Kier molecular flexibility index (Phi) is 4.30. The van der Waals surface area contributed by atoms with E-state index in [9.17, 15) is 0 Å². The summed E-state index contributed by atoms with van der Waals surface area (Å²) in [5.74, 6) is 1.76. The number of halogens is 1. The molecule has 0 N–H and O–H groups in total. The molecule has 3 atom stereocenters. The molecule has 0 aromatic heterocycles. The van der Waals surface area contributed by atoms with E-state index in [0.717, 1.165) is 11.8 Å². The van der Waals surface area contributed by atoms with Gasteiger partial charge in [0.05, 0.1) is 0 Å². The summed E-state index contributed by atoms with van der Waals surface area (Å²) in [6.45, 7) is 6.83. The first-order valence-electron chi connectivity index (χ1n) is 6.78. The number of hydrogen-bond acceptors (Lipinski definition) is 0. The molecule has 3 unspecified atom stereocenters. The van der Waals surface area contributed by atoms with Crippen LogP contribution in [0.25, 0.3) is 0 Å². The Bertz CT molecular complexity index is 383. The maximum absolute atomic E-state index is 3.94. The molecule has 1 aromatic carbocycles. The predicted octanol–water partition coefficient (Wildman–Crippen LogP) is 5.05. The second-order valence-electron chi connectivity index (χ2n) is 5.72. The van der Waals surface area contributed by atoms with Crippen LogP contribution in [0, 0.1) is 25.7 Å². The summed E-state index contributed by atoms with van der Waals surface area (Å²) in [7, 11) is 0. The number of alkyl halides is 1. The third-order valence-corrected chi connectivity index (χ3v) is 5.31. The van der Waals surface area contributed by atoms with Gasteiger partial charge < -0.3 is 0 Å². The topological polar surface area (TPSA) is 0 Å². The van der Waals surface area contributed by atoms with E-state index < -0.39 is 0 Å². The van der Waals surface area contributed by atoms with Crippen molar-refractivity contribution in [3.05, 3.63) is 34.9 Å². The minimum Gasteiger partial charge on any atom is -0.0884 e. The highest BCUT2D eigenvalue weighted by molar-refractivity contribution is 9.09. The Balaban J connectivity index is 2.07. The summed E-state index contributed by atoms with van der Waals surface area (Å²) < 4.78 is 0. The summed E-state index contributed by atoms with van der Waals surface area (Å²) in [6.07, 6.45) is 5.42. The number of aryl methyl sites for hydroxylation is 2. The van der Waals surface area contributed by atoms with Crippen LogP contribution < -0.4 is 0 Å². The summed E-state index contributed by atoms with van der Waals surface area (Å²) in [4.78, 5) is 0.653. The number of rotatable bonds is 3. The molecule has 0 amide bonds. The van der Waals surface area contributed by atoms with Gasteiger partial charge in [-0.05, 0) is 49.7 Å². The zero-order valence-corrected chi connectivity index (χ0v) is 12.8. The van der Waals surface area contributed by atoms with Crippen LogP contribution in [0.5, 0.6) is 0 Å². The second kappa shape index (κ2) is 5.56. The molecule has 0 bridgehead atoms. The van der Waals surface area contributed by atoms with Gasteiger partial charge in [0, 0.05) is 4.83 Å². The molecule has 0 saturated heterocycles. The first-order valence-corrected chi connectivity index (χ1v) is 7.69. The molecule has 2 rings (SSSR count). The molecule has 1 fully saturated rings. The SMILES string of the molecule is Cc1ccc(C)c(CC(Br)C2CCCC2C)c1. The van der Waals surface area contributed by atoms with E-state index in [2.05, 4.69) is 54.9 Å². The van der Waals surface area contributed by atoms with Crippen LogP contribution in [0.15, 0.2) is 18.2 Å². The molecule has 1 saturated carbocycles. The van der Waals surface area contributed by atoms with Crippen LogP contribution in [0.4, 0.5) is 0 Å². The van der Waals surface area contributed by atoms with Gasteiger partial charge in [0.25, 0.3) is 0 Å². The zero-order chi connectivity index (χ0) is 12.4.